The van der Waals surface area contributed by atoms with E-state index in [1.165, 1.54) is 11.0 Å². The molecule has 0 spiro atoms. The first-order valence-corrected chi connectivity index (χ1v) is 9.59. The van der Waals surface area contributed by atoms with E-state index in [1.54, 1.807) is 7.05 Å². The highest BCUT2D eigenvalue weighted by Crippen LogP contribution is 2.27. The van der Waals surface area contributed by atoms with Crippen LogP contribution in [0.3, 0.4) is 0 Å². The number of benzene rings is 1. The number of carbonyl (C=O) groups excluding carboxylic acids is 1. The molecule has 0 bridgehead atoms. The van der Waals surface area contributed by atoms with Gasteiger partial charge in [0, 0.05) is 24.9 Å². The summed E-state index contributed by atoms with van der Waals surface area (Å²) < 4.78 is 46.2. The zero-order valence-electron chi connectivity index (χ0n) is 11.6. The molecule has 9 heteroatoms. The summed E-state index contributed by atoms with van der Waals surface area (Å²) in [6.07, 6.45) is 2.71. The van der Waals surface area contributed by atoms with Gasteiger partial charge in [0.1, 0.15) is 0 Å². The minimum atomic E-state index is -4.11. The number of sulfone groups is 1. The van der Waals surface area contributed by atoms with Gasteiger partial charge in [-0.25, -0.2) is 22.0 Å². The van der Waals surface area contributed by atoms with Gasteiger partial charge >= 0.3 is 0 Å². The summed E-state index contributed by atoms with van der Waals surface area (Å²) in [7, 11) is -6.17. The Hall–Kier alpha value is -1.45. The van der Waals surface area contributed by atoms with Crippen LogP contribution in [0, 0.1) is 0 Å². The first kappa shape index (κ1) is 15.9. The topological polar surface area (TPSA) is 115 Å². The SMILES string of the molecule is CN(C(=O)c1cc(S(C)(=O)=O)cc(S(N)(=O)=O)c1)C1CC1. The molecule has 0 atom stereocenters. The summed E-state index contributed by atoms with van der Waals surface area (Å²) in [6.45, 7) is 0. The summed E-state index contributed by atoms with van der Waals surface area (Å²) >= 11 is 0. The Kier molecular flexibility index (Phi) is 3.85. The smallest absolute Gasteiger partial charge is 0.253 e. The van der Waals surface area contributed by atoms with E-state index in [0.29, 0.717) is 0 Å². The van der Waals surface area contributed by atoms with Crippen molar-refractivity contribution in [3.05, 3.63) is 23.8 Å². The minimum absolute atomic E-state index is 0.00338. The van der Waals surface area contributed by atoms with Gasteiger partial charge in [-0.2, -0.15) is 0 Å². The number of rotatable bonds is 4. The van der Waals surface area contributed by atoms with Gasteiger partial charge in [-0.05, 0) is 31.0 Å². The fourth-order valence-electron chi connectivity index (χ4n) is 1.90. The first-order valence-electron chi connectivity index (χ1n) is 6.15. The van der Waals surface area contributed by atoms with Crippen molar-refractivity contribution in [1.29, 1.82) is 0 Å². The van der Waals surface area contributed by atoms with Crippen molar-refractivity contribution in [1.82, 2.24) is 4.90 Å². The van der Waals surface area contributed by atoms with Crippen molar-refractivity contribution < 1.29 is 21.6 Å². The fourth-order valence-corrected chi connectivity index (χ4v) is 3.24. The molecule has 1 amide bonds. The molecule has 1 fully saturated rings. The summed E-state index contributed by atoms with van der Waals surface area (Å²) in [4.78, 5) is 13.1. The number of carbonyl (C=O) groups is 1. The number of sulfonamides is 1. The van der Waals surface area contributed by atoms with Crippen molar-refractivity contribution >= 4 is 25.8 Å². The predicted molar refractivity (Wildman–Crippen MR) is 76.0 cm³/mol. The molecule has 0 unspecified atom stereocenters. The second-order valence-corrected chi connectivity index (χ2v) is 8.73. The van der Waals surface area contributed by atoms with Crippen LogP contribution >= 0.6 is 0 Å². The Morgan fingerprint density at radius 2 is 1.67 bits per heavy atom. The summed E-state index contributed by atoms with van der Waals surface area (Å²) in [5.41, 5.74) is -0.00338. The number of primary sulfonamides is 1. The predicted octanol–water partition coefficient (Wildman–Crippen LogP) is -0.0281. The van der Waals surface area contributed by atoms with Crippen LogP contribution in [-0.4, -0.2) is 47.0 Å². The third-order valence-corrected chi connectivity index (χ3v) is 5.28. The van der Waals surface area contributed by atoms with E-state index in [2.05, 4.69) is 0 Å². The highest BCUT2D eigenvalue weighted by molar-refractivity contribution is 7.91. The molecule has 0 heterocycles. The average Bonchev–Trinajstić information content (AvgIpc) is 3.18. The highest BCUT2D eigenvalue weighted by Gasteiger charge is 2.31. The van der Waals surface area contributed by atoms with Crippen LogP contribution < -0.4 is 5.14 Å². The first-order chi connectivity index (χ1) is 9.50. The number of nitrogens with zero attached hydrogens (tertiary/aromatic N) is 1. The quantitative estimate of drug-likeness (QED) is 0.831. The number of amides is 1. The Bertz CT molecular complexity index is 745. The molecule has 2 rings (SSSR count). The highest BCUT2D eigenvalue weighted by atomic mass is 32.2. The van der Waals surface area contributed by atoms with Gasteiger partial charge in [-0.15, -0.1) is 0 Å². The van der Waals surface area contributed by atoms with Gasteiger partial charge in [0.05, 0.1) is 9.79 Å². The Labute approximate surface area is 123 Å². The zero-order valence-corrected chi connectivity index (χ0v) is 13.2. The standard InChI is InChI=1S/C12H16N2O5S2/c1-14(9-3-4-9)12(15)8-5-10(20(2,16)17)7-11(6-8)21(13,18)19/h5-7,9H,3-4H2,1-2H3,(H2,13,18,19). The number of hydrogen-bond acceptors (Lipinski definition) is 5. The Morgan fingerprint density at radius 1 is 1.14 bits per heavy atom. The lowest BCUT2D eigenvalue weighted by Crippen LogP contribution is -2.29. The molecule has 1 aromatic carbocycles. The van der Waals surface area contributed by atoms with Crippen LogP contribution in [0.2, 0.25) is 0 Å². The van der Waals surface area contributed by atoms with Gasteiger partial charge in [0.25, 0.3) is 5.91 Å². The van der Waals surface area contributed by atoms with E-state index in [0.717, 1.165) is 31.2 Å². The average molecular weight is 332 g/mol. The molecule has 116 valence electrons. The van der Waals surface area contributed by atoms with Gasteiger partial charge in [-0.1, -0.05) is 0 Å². The van der Waals surface area contributed by atoms with Crippen LogP contribution in [-0.2, 0) is 19.9 Å². The van der Waals surface area contributed by atoms with Crippen LogP contribution in [0.1, 0.15) is 23.2 Å². The van der Waals surface area contributed by atoms with E-state index in [9.17, 15) is 21.6 Å². The fraction of sp³-hybridized carbons (Fsp3) is 0.417. The maximum absolute atomic E-state index is 12.3. The van der Waals surface area contributed by atoms with Crippen molar-refractivity contribution in [2.75, 3.05) is 13.3 Å². The number of nitrogens with two attached hydrogens (primary N) is 1. The lowest BCUT2D eigenvalue weighted by atomic mass is 10.2. The van der Waals surface area contributed by atoms with Gasteiger partial charge in [0.2, 0.25) is 10.0 Å². The maximum atomic E-state index is 12.3. The van der Waals surface area contributed by atoms with Crippen molar-refractivity contribution in [2.24, 2.45) is 5.14 Å². The molecule has 0 aliphatic heterocycles. The van der Waals surface area contributed by atoms with E-state index >= 15 is 0 Å². The lowest BCUT2D eigenvalue weighted by molar-refractivity contribution is 0.0784. The molecule has 7 nitrogen and oxygen atoms in total. The molecule has 1 aromatic rings. The summed E-state index contributed by atoms with van der Waals surface area (Å²) in [5.74, 6) is -0.423. The van der Waals surface area contributed by atoms with Gasteiger partial charge in [0.15, 0.2) is 9.84 Å². The third kappa shape index (κ3) is 3.60. The van der Waals surface area contributed by atoms with Crippen LogP contribution in [0.15, 0.2) is 28.0 Å². The largest absolute Gasteiger partial charge is 0.339 e. The van der Waals surface area contributed by atoms with Gasteiger partial charge < -0.3 is 4.90 Å². The van der Waals surface area contributed by atoms with Crippen molar-refractivity contribution in [3.8, 4) is 0 Å². The normalized spacial score (nSPS) is 15.8. The lowest BCUT2D eigenvalue weighted by Gasteiger charge is -2.17. The Balaban J connectivity index is 2.57. The molecule has 0 saturated heterocycles. The molecule has 1 aliphatic carbocycles. The second kappa shape index (κ2) is 5.08. The van der Waals surface area contributed by atoms with E-state index < -0.39 is 30.7 Å². The minimum Gasteiger partial charge on any atom is -0.339 e. The van der Waals surface area contributed by atoms with Crippen molar-refractivity contribution in [2.45, 2.75) is 28.7 Å². The van der Waals surface area contributed by atoms with E-state index in [1.807, 2.05) is 0 Å². The van der Waals surface area contributed by atoms with E-state index in [-0.39, 0.29) is 16.5 Å². The summed E-state index contributed by atoms with van der Waals surface area (Å²) in [5, 5.41) is 5.04. The molecular weight excluding hydrogens is 316 g/mol. The molecular formula is C12H16N2O5S2. The molecule has 0 aromatic heterocycles. The monoisotopic (exact) mass is 332 g/mol. The number of hydrogen-bond donors (Lipinski definition) is 1. The van der Waals surface area contributed by atoms with Crippen LogP contribution in [0.5, 0.6) is 0 Å². The van der Waals surface area contributed by atoms with Gasteiger partial charge in [-0.3, -0.25) is 4.79 Å². The maximum Gasteiger partial charge on any atom is 0.253 e. The molecule has 0 radical (unpaired) electrons. The van der Waals surface area contributed by atoms with E-state index in [4.69, 9.17) is 5.14 Å². The van der Waals surface area contributed by atoms with Crippen LogP contribution in [0.4, 0.5) is 0 Å². The molecule has 1 aliphatic rings. The second-order valence-electron chi connectivity index (χ2n) is 5.16. The molecule has 21 heavy (non-hydrogen) atoms. The Morgan fingerprint density at radius 3 is 2.10 bits per heavy atom. The summed E-state index contributed by atoms with van der Waals surface area (Å²) in [6, 6.07) is 3.35. The molecule has 1 saturated carbocycles. The molecule has 2 N–H and O–H groups in total. The van der Waals surface area contributed by atoms with Crippen molar-refractivity contribution in [3.63, 3.8) is 0 Å². The third-order valence-electron chi connectivity index (χ3n) is 3.30. The zero-order chi connectivity index (χ0) is 16.0. The van der Waals surface area contributed by atoms with Crippen LogP contribution in [0.25, 0.3) is 0 Å².